The summed E-state index contributed by atoms with van der Waals surface area (Å²) in [6, 6.07) is 5.16. The predicted octanol–water partition coefficient (Wildman–Crippen LogP) is 1.60. The third kappa shape index (κ3) is 2.37. The van der Waals surface area contributed by atoms with E-state index in [1.807, 2.05) is 16.8 Å². The largest absolute Gasteiger partial charge is 0.389 e. The van der Waals surface area contributed by atoms with E-state index in [0.717, 1.165) is 23.9 Å². The summed E-state index contributed by atoms with van der Waals surface area (Å²) in [7, 11) is 1.75. The van der Waals surface area contributed by atoms with Crippen LogP contribution in [0.3, 0.4) is 0 Å². The summed E-state index contributed by atoms with van der Waals surface area (Å²) in [5.41, 5.74) is 2.25. The minimum atomic E-state index is -0.607. The van der Waals surface area contributed by atoms with Gasteiger partial charge in [0.25, 0.3) is 5.91 Å². The lowest BCUT2D eigenvalue weighted by Crippen LogP contribution is -2.43. The average molecular weight is 325 g/mol. The van der Waals surface area contributed by atoms with E-state index in [2.05, 4.69) is 15.0 Å². The Kier molecular flexibility index (Phi) is 3.57. The number of benzene rings is 1. The lowest BCUT2D eigenvalue weighted by atomic mass is 10.1. The van der Waals surface area contributed by atoms with Gasteiger partial charge >= 0.3 is 0 Å². The highest BCUT2D eigenvalue weighted by Crippen LogP contribution is 2.33. The molecule has 124 valence electrons. The third-order valence-electron chi connectivity index (χ3n) is 4.94. The molecule has 0 spiro atoms. The molecule has 3 aromatic rings. The van der Waals surface area contributed by atoms with E-state index in [9.17, 15) is 9.90 Å². The Morgan fingerprint density at radius 3 is 3.08 bits per heavy atom. The molecule has 0 bridgehead atoms. The Labute approximate surface area is 139 Å². The number of nitrogens with zero attached hydrogens (tertiary/aromatic N) is 4. The maximum atomic E-state index is 12.8. The number of likely N-dealkylation sites (N-methyl/N-ethyl adjacent to an activating group) is 1. The molecular formula is C17H19N5O2. The number of rotatable bonds is 3. The number of aromatic amines is 1. The van der Waals surface area contributed by atoms with Gasteiger partial charge in [-0.15, -0.1) is 0 Å². The Morgan fingerprint density at radius 1 is 1.42 bits per heavy atom. The maximum absolute atomic E-state index is 12.8. The summed E-state index contributed by atoms with van der Waals surface area (Å²) in [5, 5.41) is 10.7. The van der Waals surface area contributed by atoms with E-state index >= 15 is 0 Å². The molecule has 4 rings (SSSR count). The number of carbonyl (C=O) groups is 1. The van der Waals surface area contributed by atoms with E-state index in [1.165, 1.54) is 0 Å². The number of fused-ring (bicyclic) bond motifs is 1. The van der Waals surface area contributed by atoms with Gasteiger partial charge in [-0.3, -0.25) is 4.79 Å². The van der Waals surface area contributed by atoms with Gasteiger partial charge in [0.2, 0.25) is 0 Å². The van der Waals surface area contributed by atoms with Crippen molar-refractivity contribution in [3.8, 4) is 0 Å². The molecule has 1 aliphatic carbocycles. The molecule has 7 nitrogen and oxygen atoms in total. The van der Waals surface area contributed by atoms with Crippen LogP contribution in [-0.4, -0.2) is 54.6 Å². The molecule has 7 heteroatoms. The SMILES string of the molecule is CN(C(=O)c1ccc2nc[nH]c2c1)[C@@H]1CC[C@@H](n2ccnc2)[C@@H]1O. The van der Waals surface area contributed by atoms with Gasteiger partial charge in [-0.05, 0) is 31.0 Å². The highest BCUT2D eigenvalue weighted by atomic mass is 16.3. The van der Waals surface area contributed by atoms with Crippen LogP contribution in [0.2, 0.25) is 0 Å². The molecule has 1 aliphatic rings. The van der Waals surface area contributed by atoms with Crippen LogP contribution in [0.1, 0.15) is 29.2 Å². The first-order chi connectivity index (χ1) is 11.6. The molecule has 1 fully saturated rings. The number of amides is 1. The topological polar surface area (TPSA) is 87.0 Å². The molecule has 3 atom stereocenters. The lowest BCUT2D eigenvalue weighted by Gasteiger charge is -2.29. The monoisotopic (exact) mass is 325 g/mol. The quantitative estimate of drug-likeness (QED) is 0.766. The number of aliphatic hydroxyl groups excluding tert-OH is 1. The van der Waals surface area contributed by atoms with Gasteiger partial charge in [-0.25, -0.2) is 9.97 Å². The Balaban J connectivity index is 1.54. The molecule has 0 unspecified atom stereocenters. The zero-order valence-electron chi connectivity index (χ0n) is 13.3. The van der Waals surface area contributed by atoms with Crippen molar-refractivity contribution >= 4 is 16.9 Å². The number of imidazole rings is 2. The smallest absolute Gasteiger partial charge is 0.254 e. The van der Waals surface area contributed by atoms with Crippen LogP contribution in [0.25, 0.3) is 11.0 Å². The van der Waals surface area contributed by atoms with Gasteiger partial charge in [0.05, 0.1) is 41.9 Å². The van der Waals surface area contributed by atoms with Crippen LogP contribution in [0, 0.1) is 0 Å². The molecule has 0 aliphatic heterocycles. The van der Waals surface area contributed by atoms with Gasteiger partial charge < -0.3 is 19.6 Å². The number of carbonyl (C=O) groups excluding carboxylic acids is 1. The molecule has 24 heavy (non-hydrogen) atoms. The standard InChI is InChI=1S/C17H19N5O2/c1-21(14-4-5-15(16(14)23)22-7-6-18-10-22)17(24)11-2-3-12-13(8-11)20-9-19-12/h2-3,6-10,14-16,23H,4-5H2,1H3,(H,19,20)/t14-,15-,16-/m1/s1. The van der Waals surface area contributed by atoms with E-state index in [-0.39, 0.29) is 18.0 Å². The first-order valence-electron chi connectivity index (χ1n) is 8.01. The van der Waals surface area contributed by atoms with E-state index in [4.69, 9.17) is 0 Å². The van der Waals surface area contributed by atoms with Crippen molar-refractivity contribution in [3.63, 3.8) is 0 Å². The zero-order chi connectivity index (χ0) is 16.7. The van der Waals surface area contributed by atoms with Crippen LogP contribution < -0.4 is 0 Å². The fourth-order valence-corrected chi connectivity index (χ4v) is 3.58. The number of H-pyrrole nitrogens is 1. The number of hydrogen-bond acceptors (Lipinski definition) is 4. The van der Waals surface area contributed by atoms with Gasteiger partial charge in [0.1, 0.15) is 0 Å². The summed E-state index contributed by atoms with van der Waals surface area (Å²) in [5.74, 6) is -0.0955. The third-order valence-corrected chi connectivity index (χ3v) is 4.94. The fraction of sp³-hybridized carbons (Fsp3) is 0.353. The molecule has 2 heterocycles. The number of nitrogens with one attached hydrogen (secondary N) is 1. The van der Waals surface area contributed by atoms with Crippen molar-refractivity contribution in [1.29, 1.82) is 0 Å². The van der Waals surface area contributed by atoms with Crippen molar-refractivity contribution in [2.24, 2.45) is 0 Å². The summed E-state index contributed by atoms with van der Waals surface area (Å²) in [4.78, 5) is 25.7. The molecule has 1 saturated carbocycles. The molecule has 0 saturated heterocycles. The zero-order valence-corrected chi connectivity index (χ0v) is 13.3. The maximum Gasteiger partial charge on any atom is 0.254 e. The second-order valence-corrected chi connectivity index (χ2v) is 6.26. The van der Waals surface area contributed by atoms with Gasteiger partial charge in [-0.1, -0.05) is 0 Å². The molecule has 1 amide bonds. The van der Waals surface area contributed by atoms with Crippen molar-refractivity contribution < 1.29 is 9.90 Å². The Bertz CT molecular complexity index is 857. The first-order valence-corrected chi connectivity index (χ1v) is 8.01. The van der Waals surface area contributed by atoms with Crippen molar-refractivity contribution in [2.75, 3.05) is 7.05 Å². The fourth-order valence-electron chi connectivity index (χ4n) is 3.58. The van der Waals surface area contributed by atoms with Crippen LogP contribution in [-0.2, 0) is 0 Å². The normalized spacial score (nSPS) is 23.7. The van der Waals surface area contributed by atoms with Crippen LogP contribution in [0.15, 0.2) is 43.2 Å². The first kappa shape index (κ1) is 14.9. The van der Waals surface area contributed by atoms with Crippen LogP contribution in [0.4, 0.5) is 0 Å². The highest BCUT2D eigenvalue weighted by Gasteiger charge is 2.39. The minimum Gasteiger partial charge on any atom is -0.389 e. The van der Waals surface area contributed by atoms with Crippen molar-refractivity contribution in [1.82, 2.24) is 24.4 Å². The number of aliphatic hydroxyl groups is 1. The van der Waals surface area contributed by atoms with Crippen LogP contribution in [0.5, 0.6) is 0 Å². The van der Waals surface area contributed by atoms with Gasteiger partial charge in [0.15, 0.2) is 0 Å². The van der Waals surface area contributed by atoms with Crippen LogP contribution >= 0.6 is 0 Å². The summed E-state index contributed by atoms with van der Waals surface area (Å²) in [6.07, 6.45) is 7.85. The Morgan fingerprint density at radius 2 is 2.29 bits per heavy atom. The second-order valence-electron chi connectivity index (χ2n) is 6.26. The van der Waals surface area contributed by atoms with Crippen molar-refractivity contribution in [2.45, 2.75) is 31.0 Å². The van der Waals surface area contributed by atoms with E-state index < -0.39 is 6.10 Å². The second kappa shape index (κ2) is 5.76. The summed E-state index contributed by atoms with van der Waals surface area (Å²) >= 11 is 0. The molecular weight excluding hydrogens is 306 g/mol. The average Bonchev–Trinajstić information content (AvgIpc) is 3.32. The highest BCUT2D eigenvalue weighted by molar-refractivity contribution is 5.97. The molecule has 1 aromatic carbocycles. The number of hydrogen-bond donors (Lipinski definition) is 2. The summed E-state index contributed by atoms with van der Waals surface area (Å²) in [6.45, 7) is 0. The van der Waals surface area contributed by atoms with E-state index in [0.29, 0.717) is 5.56 Å². The summed E-state index contributed by atoms with van der Waals surface area (Å²) < 4.78 is 1.92. The van der Waals surface area contributed by atoms with E-state index in [1.54, 1.807) is 42.9 Å². The molecule has 2 N–H and O–H groups in total. The lowest BCUT2D eigenvalue weighted by molar-refractivity contribution is 0.0443. The van der Waals surface area contributed by atoms with Crippen molar-refractivity contribution in [3.05, 3.63) is 48.8 Å². The van der Waals surface area contributed by atoms with Gasteiger partial charge in [0, 0.05) is 25.0 Å². The predicted molar refractivity (Wildman–Crippen MR) is 88.5 cm³/mol. The molecule has 0 radical (unpaired) electrons. The molecule has 2 aromatic heterocycles. The Hall–Kier alpha value is -2.67. The number of aromatic nitrogens is 4. The van der Waals surface area contributed by atoms with Gasteiger partial charge in [-0.2, -0.15) is 0 Å². The minimum absolute atomic E-state index is 0.0390.